The van der Waals surface area contributed by atoms with Crippen LogP contribution in [0.25, 0.3) is 0 Å². The number of halogens is 1. The number of rotatable bonds is 0. The van der Waals surface area contributed by atoms with E-state index in [1.165, 1.54) is 0 Å². The average Bonchev–Trinajstić information content (AvgIpc) is 0.722. The van der Waals surface area contributed by atoms with E-state index in [0.717, 1.165) is 0 Å². The van der Waals surface area contributed by atoms with Crippen LogP contribution in [0.5, 0.6) is 0 Å². The summed E-state index contributed by atoms with van der Waals surface area (Å²) in [6, 6.07) is 0. The normalized spacial score (nSPS) is 9.83. The summed E-state index contributed by atoms with van der Waals surface area (Å²) in [5, 5.41) is 0. The van der Waals surface area contributed by atoms with Gasteiger partial charge in [-0.2, -0.15) is 0 Å². The second kappa shape index (κ2) is 2.55. The molecule has 0 aromatic heterocycles. The molecule has 0 saturated carbocycles. The monoisotopic (exact) mass is 134 g/mol. The average molecular weight is 134 g/mol. The molecule has 0 aromatic rings. The molecule has 0 aromatic carbocycles. The summed E-state index contributed by atoms with van der Waals surface area (Å²) in [7, 11) is 0. The maximum absolute atomic E-state index is 9.09. The third kappa shape index (κ3) is 318. The van der Waals surface area contributed by atoms with Crippen LogP contribution in [0.2, 0.25) is 0 Å². The van der Waals surface area contributed by atoms with Gasteiger partial charge >= 0.3 is 6.95 Å². The molecule has 0 saturated heterocycles. The quantitative estimate of drug-likeness (QED) is 0.438. The fourth-order valence-electron chi connectivity index (χ4n) is 0. The summed E-state index contributed by atoms with van der Waals surface area (Å²) in [5.41, 5.74) is 0. The topological polar surface area (TPSA) is 89.0 Å². The predicted molar refractivity (Wildman–Crippen MR) is 21.5 cm³/mol. The lowest BCUT2D eigenvalue weighted by molar-refractivity contribution is 0.395. The third-order valence-electron chi connectivity index (χ3n) is 0. The van der Waals surface area contributed by atoms with E-state index in [1.807, 2.05) is 0 Å². The Balaban J connectivity index is 0. The molecular formula is H4ClO4P. The van der Waals surface area contributed by atoms with E-state index in [1.54, 1.807) is 0 Å². The smallest absolute Gasteiger partial charge is 0.412 e. The molecule has 0 unspecified atom stereocenters. The van der Waals surface area contributed by atoms with Crippen molar-refractivity contribution in [2.24, 2.45) is 0 Å². The lowest BCUT2D eigenvalue weighted by Crippen LogP contribution is -1.54. The van der Waals surface area contributed by atoms with Crippen LogP contribution in [0.4, 0.5) is 0 Å². The van der Waals surface area contributed by atoms with Crippen molar-refractivity contribution in [1.29, 1.82) is 0 Å². The lowest BCUT2D eigenvalue weighted by atomic mass is 15.8. The Labute approximate surface area is 39.0 Å². The van der Waals surface area contributed by atoms with Gasteiger partial charge < -0.3 is 15.3 Å². The molecule has 6 heavy (non-hydrogen) atoms. The SMILES string of the molecule is O.O=P(O)(O)Cl. The zero-order chi connectivity index (χ0) is 4.50. The van der Waals surface area contributed by atoms with Gasteiger partial charge in [0.25, 0.3) is 0 Å². The summed E-state index contributed by atoms with van der Waals surface area (Å²) < 4.78 is 9.09. The molecule has 4 N–H and O–H groups in total. The molecule has 0 bridgehead atoms. The summed E-state index contributed by atoms with van der Waals surface area (Å²) in [6.07, 6.45) is 0. The Bertz CT molecular complexity index is 53.7. The summed E-state index contributed by atoms with van der Waals surface area (Å²) in [6.45, 7) is -4.17. The number of hydrogen-bond donors (Lipinski definition) is 2. The molecule has 0 aliphatic carbocycles. The molecule has 0 aliphatic rings. The van der Waals surface area contributed by atoms with Gasteiger partial charge in [-0.15, -0.1) is 0 Å². The van der Waals surface area contributed by atoms with E-state index in [4.69, 9.17) is 14.4 Å². The molecule has 6 heteroatoms. The van der Waals surface area contributed by atoms with Crippen molar-refractivity contribution in [3.8, 4) is 0 Å². The van der Waals surface area contributed by atoms with E-state index in [9.17, 15) is 0 Å². The zero-order valence-corrected chi connectivity index (χ0v) is 4.28. The maximum Gasteiger partial charge on any atom is 0.419 e. The Hall–Kier alpha value is 0.400. The van der Waals surface area contributed by atoms with Crippen LogP contribution < -0.4 is 0 Å². The molecule has 0 amide bonds. The van der Waals surface area contributed by atoms with Gasteiger partial charge in [-0.1, -0.05) is 0 Å². The molecule has 0 heterocycles. The fourth-order valence-corrected chi connectivity index (χ4v) is 0. The van der Waals surface area contributed by atoms with E-state index < -0.39 is 6.95 Å². The molecule has 0 rings (SSSR count). The van der Waals surface area contributed by atoms with Crippen LogP contribution in [0.3, 0.4) is 0 Å². The van der Waals surface area contributed by atoms with Gasteiger partial charge in [0.2, 0.25) is 0 Å². The molecule has 4 nitrogen and oxygen atoms in total. The predicted octanol–water partition coefficient (Wildman–Crippen LogP) is -0.507. The lowest BCUT2D eigenvalue weighted by Gasteiger charge is -1.80. The molecular weight excluding hydrogens is 130 g/mol. The van der Waals surface area contributed by atoms with Crippen molar-refractivity contribution in [2.45, 2.75) is 0 Å². The standard InChI is InChI=1S/ClH2O3P.H2O/c1-5(2,3)4;/h(H2,2,3,4);1H2. The van der Waals surface area contributed by atoms with E-state index >= 15 is 0 Å². The van der Waals surface area contributed by atoms with E-state index in [0.29, 0.717) is 0 Å². The van der Waals surface area contributed by atoms with E-state index in [2.05, 4.69) is 11.2 Å². The first-order valence-corrected chi connectivity index (χ1v) is 3.27. The van der Waals surface area contributed by atoms with Crippen LogP contribution in [0, 0.1) is 0 Å². The fraction of sp³-hybridized carbons (Fsp3) is 0. The Morgan fingerprint density at radius 3 is 1.50 bits per heavy atom. The highest BCUT2D eigenvalue weighted by Gasteiger charge is 2.01. The summed E-state index contributed by atoms with van der Waals surface area (Å²) in [4.78, 5) is 14.8. The van der Waals surface area contributed by atoms with Crippen molar-refractivity contribution in [3.05, 3.63) is 0 Å². The molecule has 0 aliphatic heterocycles. The number of hydrogen-bond acceptors (Lipinski definition) is 1. The van der Waals surface area contributed by atoms with Gasteiger partial charge in [-0.3, -0.25) is 0 Å². The van der Waals surface area contributed by atoms with Crippen LogP contribution >= 0.6 is 18.2 Å². The molecule has 40 valence electrons. The van der Waals surface area contributed by atoms with Crippen molar-refractivity contribution in [3.63, 3.8) is 0 Å². The third-order valence-corrected chi connectivity index (χ3v) is 0. The van der Waals surface area contributed by atoms with Crippen molar-refractivity contribution < 1.29 is 19.8 Å². The molecule has 0 radical (unpaired) electrons. The minimum Gasteiger partial charge on any atom is -0.412 e. The molecule has 0 atom stereocenters. The Morgan fingerprint density at radius 2 is 1.50 bits per heavy atom. The maximum atomic E-state index is 9.09. The largest absolute Gasteiger partial charge is 0.419 e. The minimum atomic E-state index is -4.17. The highest BCUT2D eigenvalue weighted by atomic mass is 35.7. The van der Waals surface area contributed by atoms with Gasteiger partial charge in [0.1, 0.15) is 0 Å². The second-order valence-corrected chi connectivity index (χ2v) is 2.74. The van der Waals surface area contributed by atoms with Crippen LogP contribution in [-0.2, 0) is 4.57 Å². The first kappa shape index (κ1) is 9.64. The van der Waals surface area contributed by atoms with Gasteiger partial charge in [-0.05, 0) is 0 Å². The van der Waals surface area contributed by atoms with Gasteiger partial charge in [0.05, 0.1) is 0 Å². The highest BCUT2D eigenvalue weighted by molar-refractivity contribution is 7.79. The van der Waals surface area contributed by atoms with Gasteiger partial charge in [-0.25, -0.2) is 4.57 Å². The van der Waals surface area contributed by atoms with Crippen molar-refractivity contribution >= 4 is 18.2 Å². The van der Waals surface area contributed by atoms with Gasteiger partial charge in [0.15, 0.2) is 0 Å². The highest BCUT2D eigenvalue weighted by Crippen LogP contribution is 2.39. The van der Waals surface area contributed by atoms with Crippen LogP contribution in [-0.4, -0.2) is 15.3 Å². The first-order valence-electron chi connectivity index (χ1n) is 0.752. The first-order chi connectivity index (χ1) is 2.00. The summed E-state index contributed by atoms with van der Waals surface area (Å²) in [5.74, 6) is 0. The Morgan fingerprint density at radius 1 is 1.50 bits per heavy atom. The summed E-state index contributed by atoms with van der Waals surface area (Å²) >= 11 is 4.20. The van der Waals surface area contributed by atoms with Crippen LogP contribution in [0.1, 0.15) is 0 Å². The van der Waals surface area contributed by atoms with Crippen LogP contribution in [0.15, 0.2) is 0 Å². The molecule has 0 fully saturated rings. The second-order valence-electron chi connectivity index (χ2n) is 0.473. The minimum absolute atomic E-state index is 0. The van der Waals surface area contributed by atoms with Crippen molar-refractivity contribution in [1.82, 2.24) is 0 Å². The van der Waals surface area contributed by atoms with E-state index in [-0.39, 0.29) is 5.48 Å². The zero-order valence-electron chi connectivity index (χ0n) is 2.63. The van der Waals surface area contributed by atoms with Gasteiger partial charge in [0, 0.05) is 11.2 Å². The van der Waals surface area contributed by atoms with Crippen molar-refractivity contribution in [2.75, 3.05) is 0 Å². The Kier molecular flexibility index (Phi) is 4.10. The molecule has 0 spiro atoms.